The van der Waals surface area contributed by atoms with Crippen LogP contribution in [0.3, 0.4) is 0 Å². The van der Waals surface area contributed by atoms with Crippen LogP contribution in [0.4, 0.5) is 0 Å². The van der Waals surface area contributed by atoms with Crippen LogP contribution in [0.1, 0.15) is 56.2 Å². The standard InChI is InChI=1S/C18H29N3O4/c1-5-21-14(10-13(4)19-21)16(23)20-9-7-15(22)18(11-20,17(24)25)8-6-12(2)3/h10,12,15,22H,5-9,11H2,1-4H3,(H,24,25)/t15-,18-/m1/s1. The van der Waals surface area contributed by atoms with Crippen molar-refractivity contribution in [2.45, 2.75) is 59.6 Å². The number of nitrogens with zero attached hydrogens (tertiary/aromatic N) is 3. The van der Waals surface area contributed by atoms with Gasteiger partial charge in [0.2, 0.25) is 0 Å². The summed E-state index contributed by atoms with van der Waals surface area (Å²) in [7, 11) is 0. The summed E-state index contributed by atoms with van der Waals surface area (Å²) in [6.45, 7) is 8.74. The first kappa shape index (κ1) is 19.4. The lowest BCUT2D eigenvalue weighted by atomic mass is 9.72. The third kappa shape index (κ3) is 3.86. The van der Waals surface area contributed by atoms with Crippen molar-refractivity contribution in [3.63, 3.8) is 0 Å². The molecule has 1 fully saturated rings. The minimum atomic E-state index is -1.30. The van der Waals surface area contributed by atoms with E-state index in [4.69, 9.17) is 0 Å². The molecule has 1 amide bonds. The number of carbonyl (C=O) groups excluding carboxylic acids is 1. The molecule has 2 atom stereocenters. The Morgan fingerprint density at radius 2 is 2.12 bits per heavy atom. The van der Waals surface area contributed by atoms with E-state index >= 15 is 0 Å². The van der Waals surface area contributed by atoms with Gasteiger partial charge < -0.3 is 15.1 Å². The second kappa shape index (κ2) is 7.56. The van der Waals surface area contributed by atoms with E-state index in [2.05, 4.69) is 5.10 Å². The molecule has 0 aromatic carbocycles. The maximum atomic E-state index is 12.9. The first-order valence-corrected chi connectivity index (χ1v) is 8.96. The van der Waals surface area contributed by atoms with Gasteiger partial charge in [-0.25, -0.2) is 0 Å². The molecule has 0 bridgehead atoms. The lowest BCUT2D eigenvalue weighted by Gasteiger charge is -2.43. The Balaban J connectivity index is 2.28. The number of aliphatic carboxylic acids is 1. The van der Waals surface area contributed by atoms with Crippen molar-refractivity contribution in [2.75, 3.05) is 13.1 Å². The van der Waals surface area contributed by atoms with Gasteiger partial charge >= 0.3 is 5.97 Å². The molecule has 25 heavy (non-hydrogen) atoms. The van der Waals surface area contributed by atoms with Gasteiger partial charge in [0.05, 0.1) is 11.8 Å². The monoisotopic (exact) mass is 351 g/mol. The molecule has 2 N–H and O–H groups in total. The van der Waals surface area contributed by atoms with Gasteiger partial charge in [0.25, 0.3) is 5.91 Å². The van der Waals surface area contributed by atoms with E-state index in [9.17, 15) is 19.8 Å². The summed E-state index contributed by atoms with van der Waals surface area (Å²) in [5, 5.41) is 24.6. The molecule has 0 aliphatic carbocycles. The molecule has 7 heteroatoms. The lowest BCUT2D eigenvalue weighted by molar-refractivity contribution is -0.163. The van der Waals surface area contributed by atoms with Crippen molar-refractivity contribution in [1.29, 1.82) is 0 Å². The number of carboxylic acids is 1. The van der Waals surface area contributed by atoms with Gasteiger partial charge in [-0.15, -0.1) is 0 Å². The van der Waals surface area contributed by atoms with Crippen molar-refractivity contribution < 1.29 is 19.8 Å². The Kier molecular flexibility index (Phi) is 5.87. The second-order valence-corrected chi connectivity index (χ2v) is 7.41. The number of carbonyl (C=O) groups is 2. The molecule has 1 aromatic rings. The molecule has 1 saturated heterocycles. The largest absolute Gasteiger partial charge is 0.481 e. The van der Waals surface area contributed by atoms with Crippen LogP contribution >= 0.6 is 0 Å². The predicted molar refractivity (Wildman–Crippen MR) is 93.3 cm³/mol. The number of rotatable bonds is 6. The Labute approximate surface area is 148 Å². The maximum absolute atomic E-state index is 12.9. The van der Waals surface area contributed by atoms with Gasteiger partial charge in [0, 0.05) is 19.6 Å². The average Bonchev–Trinajstić information content (AvgIpc) is 2.94. The third-order valence-electron chi connectivity index (χ3n) is 5.09. The number of hydrogen-bond acceptors (Lipinski definition) is 4. The predicted octanol–water partition coefficient (Wildman–Crippen LogP) is 1.93. The van der Waals surface area contributed by atoms with Crippen molar-refractivity contribution in [3.05, 3.63) is 17.5 Å². The van der Waals surface area contributed by atoms with E-state index in [1.54, 1.807) is 15.6 Å². The molecular weight excluding hydrogens is 322 g/mol. The van der Waals surface area contributed by atoms with Crippen LogP contribution in [-0.2, 0) is 11.3 Å². The first-order chi connectivity index (χ1) is 11.7. The third-order valence-corrected chi connectivity index (χ3v) is 5.09. The van der Waals surface area contributed by atoms with Crippen LogP contribution in [-0.4, -0.2) is 56.0 Å². The van der Waals surface area contributed by atoms with Gasteiger partial charge in [-0.3, -0.25) is 14.3 Å². The van der Waals surface area contributed by atoms with Crippen LogP contribution in [0.25, 0.3) is 0 Å². The number of piperidine rings is 1. The number of amides is 1. The highest BCUT2D eigenvalue weighted by Gasteiger charge is 2.50. The number of likely N-dealkylation sites (tertiary alicyclic amines) is 1. The van der Waals surface area contributed by atoms with E-state index in [-0.39, 0.29) is 18.9 Å². The van der Waals surface area contributed by atoms with E-state index in [0.29, 0.717) is 37.5 Å². The minimum absolute atomic E-state index is 0.0307. The molecule has 140 valence electrons. The lowest BCUT2D eigenvalue weighted by Crippen LogP contribution is -2.57. The van der Waals surface area contributed by atoms with Gasteiger partial charge in [-0.1, -0.05) is 13.8 Å². The van der Waals surface area contributed by atoms with Crippen LogP contribution in [0.2, 0.25) is 0 Å². The number of hydrogen-bond donors (Lipinski definition) is 2. The van der Waals surface area contributed by atoms with Gasteiger partial charge in [0.1, 0.15) is 11.1 Å². The smallest absolute Gasteiger partial charge is 0.314 e. The van der Waals surface area contributed by atoms with Crippen LogP contribution in [0.5, 0.6) is 0 Å². The minimum Gasteiger partial charge on any atom is -0.481 e. The summed E-state index contributed by atoms with van der Waals surface area (Å²) >= 11 is 0. The molecule has 0 unspecified atom stereocenters. The van der Waals surface area contributed by atoms with Crippen molar-refractivity contribution in [1.82, 2.24) is 14.7 Å². The fraction of sp³-hybridized carbons (Fsp3) is 0.722. The SMILES string of the molecule is CCn1nc(C)cc1C(=O)N1CC[C@@H](O)[C@](CCC(C)C)(C(=O)O)C1. The zero-order valence-corrected chi connectivity index (χ0v) is 15.5. The topological polar surface area (TPSA) is 95.7 Å². The number of aryl methyl sites for hydroxylation is 2. The number of aromatic nitrogens is 2. The zero-order valence-electron chi connectivity index (χ0n) is 15.5. The fourth-order valence-electron chi connectivity index (χ4n) is 3.48. The van der Waals surface area contributed by atoms with Crippen LogP contribution in [0.15, 0.2) is 6.07 Å². The molecule has 2 heterocycles. The van der Waals surface area contributed by atoms with Gasteiger partial charge in [0.15, 0.2) is 0 Å². The summed E-state index contributed by atoms with van der Waals surface area (Å²) < 4.78 is 1.64. The fourth-order valence-corrected chi connectivity index (χ4v) is 3.48. The van der Waals surface area contributed by atoms with E-state index in [0.717, 1.165) is 5.69 Å². The van der Waals surface area contributed by atoms with E-state index < -0.39 is 17.5 Å². The maximum Gasteiger partial charge on any atom is 0.314 e. The van der Waals surface area contributed by atoms with E-state index in [1.807, 2.05) is 27.7 Å². The molecule has 1 aromatic heterocycles. The van der Waals surface area contributed by atoms with Gasteiger partial charge in [-0.05, 0) is 45.1 Å². The molecule has 0 radical (unpaired) electrons. The van der Waals surface area contributed by atoms with Crippen LogP contribution in [0, 0.1) is 18.3 Å². The zero-order chi connectivity index (χ0) is 18.8. The Morgan fingerprint density at radius 3 is 2.68 bits per heavy atom. The number of aliphatic hydroxyl groups is 1. The summed E-state index contributed by atoms with van der Waals surface area (Å²) in [6, 6.07) is 1.73. The Bertz CT molecular complexity index is 640. The Morgan fingerprint density at radius 1 is 1.44 bits per heavy atom. The molecule has 2 rings (SSSR count). The normalized spacial score (nSPS) is 23.9. The highest BCUT2D eigenvalue weighted by Crippen LogP contribution is 2.37. The molecular formula is C18H29N3O4. The molecule has 7 nitrogen and oxygen atoms in total. The Hall–Kier alpha value is -1.89. The highest BCUT2D eigenvalue weighted by atomic mass is 16.4. The summed E-state index contributed by atoms with van der Waals surface area (Å²) in [5.41, 5.74) is -0.0734. The van der Waals surface area contributed by atoms with E-state index in [1.165, 1.54) is 0 Å². The van der Waals surface area contributed by atoms with Crippen molar-refractivity contribution >= 4 is 11.9 Å². The van der Waals surface area contributed by atoms with Crippen LogP contribution < -0.4 is 0 Å². The molecule has 1 aliphatic rings. The highest BCUT2D eigenvalue weighted by molar-refractivity contribution is 5.93. The summed E-state index contributed by atoms with van der Waals surface area (Å²) in [4.78, 5) is 26.5. The van der Waals surface area contributed by atoms with Crippen molar-refractivity contribution in [2.24, 2.45) is 11.3 Å². The average molecular weight is 351 g/mol. The molecule has 1 aliphatic heterocycles. The summed E-state index contributed by atoms with van der Waals surface area (Å²) in [5.74, 6) is -0.915. The second-order valence-electron chi connectivity index (χ2n) is 7.41. The number of carboxylic acid groups (broad SMARTS) is 1. The van der Waals surface area contributed by atoms with Crippen molar-refractivity contribution in [3.8, 4) is 0 Å². The molecule has 0 saturated carbocycles. The molecule has 0 spiro atoms. The number of aliphatic hydroxyl groups excluding tert-OH is 1. The summed E-state index contributed by atoms with van der Waals surface area (Å²) in [6.07, 6.45) is 0.384. The first-order valence-electron chi connectivity index (χ1n) is 8.96. The quantitative estimate of drug-likeness (QED) is 0.816. The van der Waals surface area contributed by atoms with Gasteiger partial charge in [-0.2, -0.15) is 5.10 Å².